The third-order valence-electron chi connectivity index (χ3n) is 5.34. The number of nitrogens with zero attached hydrogens (tertiary/aromatic N) is 4. The maximum absolute atomic E-state index is 7.55. The molecule has 9 heteroatoms. The van der Waals surface area contributed by atoms with E-state index < -0.39 is 0 Å². The van der Waals surface area contributed by atoms with Crippen molar-refractivity contribution in [2.75, 3.05) is 18.4 Å². The molecular weight excluding hydrogens is 414 g/mol. The summed E-state index contributed by atoms with van der Waals surface area (Å²) in [6.07, 6.45) is 2.58. The molecule has 0 unspecified atom stereocenters. The van der Waals surface area contributed by atoms with Gasteiger partial charge >= 0.3 is 0 Å². The van der Waals surface area contributed by atoms with E-state index in [1.54, 1.807) is 6.20 Å². The zero-order valence-corrected chi connectivity index (χ0v) is 18.7. The normalized spacial score (nSPS) is 16.1. The Kier molecular flexibility index (Phi) is 6.50. The first kappa shape index (κ1) is 22.6. The first-order valence-electron chi connectivity index (χ1n) is 10.1. The number of aromatic nitrogens is 3. The van der Waals surface area contributed by atoms with Gasteiger partial charge in [-0.15, -0.1) is 12.4 Å². The number of nitrogens with one attached hydrogen (secondary N) is 2. The molecule has 0 bridgehead atoms. The molecule has 1 atom stereocenters. The van der Waals surface area contributed by atoms with Crippen LogP contribution in [0.3, 0.4) is 0 Å². The van der Waals surface area contributed by atoms with Gasteiger partial charge in [0, 0.05) is 30.5 Å². The molecule has 4 rings (SSSR count). The first-order chi connectivity index (χ1) is 14.3. The van der Waals surface area contributed by atoms with Crippen LogP contribution < -0.4 is 11.1 Å². The number of guanidine groups is 1. The lowest BCUT2D eigenvalue weighted by Gasteiger charge is -2.20. The van der Waals surface area contributed by atoms with Crippen molar-refractivity contribution >= 4 is 29.9 Å². The molecule has 3 aromatic rings. The number of nitrogens with two attached hydrogens (primary N) is 1. The third kappa shape index (κ3) is 5.14. The van der Waals surface area contributed by atoms with Crippen molar-refractivity contribution < 1.29 is 4.52 Å². The van der Waals surface area contributed by atoms with Gasteiger partial charge < -0.3 is 20.5 Å². The van der Waals surface area contributed by atoms with Crippen molar-refractivity contribution in [3.63, 3.8) is 0 Å². The zero-order valence-electron chi connectivity index (χ0n) is 17.9. The minimum Gasteiger partial charge on any atom is -0.370 e. The monoisotopic (exact) mass is 441 g/mol. The molecule has 1 aliphatic heterocycles. The molecule has 0 spiro atoms. The van der Waals surface area contributed by atoms with Crippen molar-refractivity contribution in [1.29, 1.82) is 5.41 Å². The average molecular weight is 442 g/mol. The minimum absolute atomic E-state index is 0. The lowest BCUT2D eigenvalue weighted by molar-refractivity contribution is 0.354. The number of benzene rings is 1. The minimum atomic E-state index is 0. The number of hydrogen-bond acceptors (Lipinski definition) is 6. The second kappa shape index (κ2) is 8.93. The van der Waals surface area contributed by atoms with E-state index in [0.717, 1.165) is 30.0 Å². The highest BCUT2D eigenvalue weighted by Gasteiger charge is 2.29. The van der Waals surface area contributed by atoms with Crippen LogP contribution >= 0.6 is 12.4 Å². The fourth-order valence-corrected chi connectivity index (χ4v) is 3.51. The van der Waals surface area contributed by atoms with Crippen LogP contribution in [0, 0.1) is 5.41 Å². The van der Waals surface area contributed by atoms with E-state index in [1.165, 1.54) is 5.56 Å². The zero-order chi connectivity index (χ0) is 21.3. The lowest BCUT2D eigenvalue weighted by Crippen LogP contribution is -2.34. The van der Waals surface area contributed by atoms with Gasteiger partial charge in [-0.2, -0.15) is 4.98 Å². The van der Waals surface area contributed by atoms with Gasteiger partial charge in [0.1, 0.15) is 5.82 Å². The van der Waals surface area contributed by atoms with Gasteiger partial charge in [0.15, 0.2) is 5.96 Å². The molecule has 1 fully saturated rings. The van der Waals surface area contributed by atoms with Gasteiger partial charge in [-0.3, -0.25) is 5.41 Å². The summed E-state index contributed by atoms with van der Waals surface area (Å²) in [4.78, 5) is 10.8. The van der Waals surface area contributed by atoms with Crippen LogP contribution in [0.4, 0.5) is 11.5 Å². The lowest BCUT2D eigenvalue weighted by atomic mass is 9.87. The smallest absolute Gasteiger partial charge is 0.231 e. The van der Waals surface area contributed by atoms with Crippen molar-refractivity contribution in [1.82, 2.24) is 20.0 Å². The fraction of sp³-hybridized carbons (Fsp3) is 0.364. The highest BCUT2D eigenvalue weighted by molar-refractivity contribution is 5.85. The van der Waals surface area contributed by atoms with Gasteiger partial charge in [0.2, 0.25) is 11.7 Å². The van der Waals surface area contributed by atoms with Gasteiger partial charge in [-0.25, -0.2) is 4.98 Å². The average Bonchev–Trinajstić information content (AvgIpc) is 3.38. The summed E-state index contributed by atoms with van der Waals surface area (Å²) in [6.45, 7) is 7.95. The fourth-order valence-electron chi connectivity index (χ4n) is 3.51. The SMILES string of the molecule is CC(C)(C)c1cccc(Nc2ccc(-c3noc([C@@H]4CCN(C(=N)N)C4)n3)cn2)c1.Cl. The third-order valence-corrected chi connectivity index (χ3v) is 5.34. The summed E-state index contributed by atoms with van der Waals surface area (Å²) in [5.74, 6) is 2.02. The summed E-state index contributed by atoms with van der Waals surface area (Å²) in [6, 6.07) is 12.2. The van der Waals surface area contributed by atoms with Crippen LogP contribution in [0.5, 0.6) is 0 Å². The van der Waals surface area contributed by atoms with E-state index in [1.807, 2.05) is 29.2 Å². The predicted octanol–water partition coefficient (Wildman–Crippen LogP) is 4.28. The quantitative estimate of drug-likeness (QED) is 0.408. The van der Waals surface area contributed by atoms with Crippen molar-refractivity contribution in [2.24, 2.45) is 5.73 Å². The second-order valence-corrected chi connectivity index (χ2v) is 8.66. The van der Waals surface area contributed by atoms with E-state index in [0.29, 0.717) is 18.3 Å². The van der Waals surface area contributed by atoms with Crippen LogP contribution in [0.1, 0.15) is 44.6 Å². The van der Waals surface area contributed by atoms with Gasteiger partial charge in [-0.1, -0.05) is 38.1 Å². The molecule has 0 aliphatic carbocycles. The second-order valence-electron chi connectivity index (χ2n) is 8.66. The first-order valence-corrected chi connectivity index (χ1v) is 10.1. The van der Waals surface area contributed by atoms with Gasteiger partial charge in [0.25, 0.3) is 0 Å². The van der Waals surface area contributed by atoms with Crippen LogP contribution in [-0.4, -0.2) is 39.1 Å². The summed E-state index contributed by atoms with van der Waals surface area (Å²) in [7, 11) is 0. The number of likely N-dealkylation sites (tertiary alicyclic amines) is 1. The summed E-state index contributed by atoms with van der Waals surface area (Å²) < 4.78 is 5.46. The number of hydrogen-bond donors (Lipinski definition) is 3. The summed E-state index contributed by atoms with van der Waals surface area (Å²) in [5.41, 5.74) is 8.71. The van der Waals surface area contributed by atoms with E-state index in [-0.39, 0.29) is 29.7 Å². The molecule has 1 aromatic carbocycles. The molecular formula is C22H28ClN7O. The Morgan fingerprint density at radius 2 is 2.06 bits per heavy atom. The number of anilines is 2. The molecule has 3 heterocycles. The number of rotatable bonds is 4. The standard InChI is InChI=1S/C22H27N7O.ClH/c1-22(2,3)16-5-4-6-17(11-16)26-18-8-7-14(12-25-18)19-27-20(30-28-19)15-9-10-29(13-15)21(23)24;/h4-8,11-12,15H,9-10,13H2,1-3H3,(H3,23,24)(H,25,26);1H/t15-;/m1./s1. The van der Waals surface area contributed by atoms with E-state index in [2.05, 4.69) is 53.3 Å². The molecule has 0 saturated carbocycles. The van der Waals surface area contributed by atoms with Crippen LogP contribution in [0.25, 0.3) is 11.4 Å². The topological polar surface area (TPSA) is 117 Å². The maximum atomic E-state index is 7.55. The summed E-state index contributed by atoms with van der Waals surface area (Å²) in [5, 5.41) is 15.0. The van der Waals surface area contributed by atoms with E-state index in [9.17, 15) is 0 Å². The van der Waals surface area contributed by atoms with Crippen molar-refractivity contribution in [3.05, 3.63) is 54.0 Å². The molecule has 0 radical (unpaired) electrons. The highest BCUT2D eigenvalue weighted by atomic mass is 35.5. The Labute approximate surface area is 188 Å². The van der Waals surface area contributed by atoms with Crippen LogP contribution in [0.15, 0.2) is 47.1 Å². The largest absolute Gasteiger partial charge is 0.370 e. The van der Waals surface area contributed by atoms with Crippen LogP contribution in [0.2, 0.25) is 0 Å². The predicted molar refractivity (Wildman–Crippen MR) is 124 cm³/mol. The maximum Gasteiger partial charge on any atom is 0.231 e. The number of pyridine rings is 1. The Hall–Kier alpha value is -3.13. The molecule has 31 heavy (non-hydrogen) atoms. The van der Waals surface area contributed by atoms with Crippen LogP contribution in [-0.2, 0) is 5.41 Å². The molecule has 2 aromatic heterocycles. The molecule has 8 nitrogen and oxygen atoms in total. The highest BCUT2D eigenvalue weighted by Crippen LogP contribution is 2.28. The summed E-state index contributed by atoms with van der Waals surface area (Å²) >= 11 is 0. The number of halogens is 1. The molecule has 164 valence electrons. The Morgan fingerprint density at radius 1 is 1.26 bits per heavy atom. The Balaban J connectivity index is 0.00000272. The molecule has 1 aliphatic rings. The Morgan fingerprint density at radius 3 is 2.71 bits per heavy atom. The van der Waals surface area contributed by atoms with Crippen molar-refractivity contribution in [3.8, 4) is 11.4 Å². The Bertz CT molecular complexity index is 1040. The van der Waals surface area contributed by atoms with Gasteiger partial charge in [0.05, 0.1) is 5.92 Å². The molecule has 4 N–H and O–H groups in total. The molecule has 0 amide bonds. The van der Waals surface area contributed by atoms with E-state index in [4.69, 9.17) is 15.7 Å². The molecule has 1 saturated heterocycles. The van der Waals surface area contributed by atoms with Gasteiger partial charge in [-0.05, 0) is 41.7 Å². The van der Waals surface area contributed by atoms with E-state index >= 15 is 0 Å². The van der Waals surface area contributed by atoms with Crippen molar-refractivity contribution in [2.45, 2.75) is 38.5 Å².